The standard InChI is InChI=1S/C21H19F3N4O/c1-12-18(13-2-6-16(7-3-13)21(22,23)24)27-20-15(10-25)11-26-28(20)19(12)14-4-8-17(29)9-5-14/h2-9,11-12,18-20,26-27,29H,1H3. The second-order valence-corrected chi connectivity index (χ2v) is 7.31. The Bertz CT molecular complexity index is 963. The lowest BCUT2D eigenvalue weighted by Crippen LogP contribution is -2.58. The molecule has 5 nitrogen and oxygen atoms in total. The first-order valence-electron chi connectivity index (χ1n) is 9.16. The number of benzene rings is 2. The summed E-state index contributed by atoms with van der Waals surface area (Å²) >= 11 is 0. The summed E-state index contributed by atoms with van der Waals surface area (Å²) in [7, 11) is 0. The maximum Gasteiger partial charge on any atom is 0.416 e. The van der Waals surface area contributed by atoms with Crippen LogP contribution in [-0.4, -0.2) is 16.3 Å². The quantitative estimate of drug-likeness (QED) is 0.711. The third kappa shape index (κ3) is 3.43. The second kappa shape index (κ2) is 7.10. The predicted octanol–water partition coefficient (Wildman–Crippen LogP) is 3.99. The summed E-state index contributed by atoms with van der Waals surface area (Å²) in [5, 5.41) is 24.4. The normalized spacial score (nSPS) is 26.9. The van der Waals surface area contributed by atoms with Crippen molar-refractivity contribution in [1.29, 1.82) is 5.26 Å². The average molecular weight is 400 g/mol. The van der Waals surface area contributed by atoms with Crippen molar-refractivity contribution in [3.8, 4) is 11.8 Å². The van der Waals surface area contributed by atoms with Crippen LogP contribution in [0, 0.1) is 17.2 Å². The van der Waals surface area contributed by atoms with E-state index in [1.165, 1.54) is 12.1 Å². The molecule has 0 amide bonds. The van der Waals surface area contributed by atoms with Gasteiger partial charge in [-0.25, -0.2) is 0 Å². The first-order chi connectivity index (χ1) is 13.8. The van der Waals surface area contributed by atoms with Crippen molar-refractivity contribution in [3.63, 3.8) is 0 Å². The van der Waals surface area contributed by atoms with Gasteiger partial charge in [0, 0.05) is 12.2 Å². The number of alkyl halides is 3. The fourth-order valence-corrected chi connectivity index (χ4v) is 4.12. The molecule has 150 valence electrons. The highest BCUT2D eigenvalue weighted by atomic mass is 19.4. The van der Waals surface area contributed by atoms with E-state index in [4.69, 9.17) is 0 Å². The number of nitriles is 1. The minimum atomic E-state index is -4.39. The largest absolute Gasteiger partial charge is 0.508 e. The third-order valence-electron chi connectivity index (χ3n) is 5.56. The molecule has 1 saturated heterocycles. The summed E-state index contributed by atoms with van der Waals surface area (Å²) in [6.07, 6.45) is -3.17. The van der Waals surface area contributed by atoms with Gasteiger partial charge >= 0.3 is 6.18 Å². The first kappa shape index (κ1) is 19.3. The Morgan fingerprint density at radius 2 is 1.66 bits per heavy atom. The number of hydrogen-bond acceptors (Lipinski definition) is 5. The zero-order valence-corrected chi connectivity index (χ0v) is 15.5. The number of phenolic OH excluding ortho intramolecular Hbond substituents is 1. The molecule has 1 fully saturated rings. The molecule has 8 heteroatoms. The third-order valence-corrected chi connectivity index (χ3v) is 5.56. The van der Waals surface area contributed by atoms with Crippen molar-refractivity contribution in [3.05, 3.63) is 77.0 Å². The fourth-order valence-electron chi connectivity index (χ4n) is 4.12. The van der Waals surface area contributed by atoms with Gasteiger partial charge in [0.05, 0.1) is 23.2 Å². The van der Waals surface area contributed by atoms with Gasteiger partial charge in [0.25, 0.3) is 0 Å². The molecule has 4 rings (SSSR count). The van der Waals surface area contributed by atoms with Gasteiger partial charge in [-0.2, -0.15) is 23.4 Å². The van der Waals surface area contributed by atoms with Crippen molar-refractivity contribution in [1.82, 2.24) is 15.8 Å². The number of aromatic hydroxyl groups is 1. The maximum absolute atomic E-state index is 12.9. The number of nitrogens with one attached hydrogen (secondary N) is 2. The van der Waals surface area contributed by atoms with Crippen LogP contribution in [-0.2, 0) is 6.18 Å². The van der Waals surface area contributed by atoms with E-state index in [2.05, 4.69) is 16.8 Å². The summed E-state index contributed by atoms with van der Waals surface area (Å²) in [6.45, 7) is 2.01. The van der Waals surface area contributed by atoms with Crippen LogP contribution in [0.3, 0.4) is 0 Å². The fraction of sp³-hybridized carbons (Fsp3) is 0.286. The molecule has 4 atom stereocenters. The summed E-state index contributed by atoms with van der Waals surface area (Å²) in [5.41, 5.74) is 4.58. The van der Waals surface area contributed by atoms with E-state index in [9.17, 15) is 23.5 Å². The molecule has 2 aliphatic heterocycles. The molecule has 0 aromatic heterocycles. The Balaban J connectivity index is 1.72. The molecule has 0 spiro atoms. The summed E-state index contributed by atoms with van der Waals surface area (Å²) in [5.74, 6) is 0.0999. The smallest absolute Gasteiger partial charge is 0.416 e. The van der Waals surface area contributed by atoms with E-state index < -0.39 is 17.9 Å². The summed E-state index contributed by atoms with van der Waals surface area (Å²) in [6, 6.07) is 13.7. The van der Waals surface area contributed by atoms with E-state index >= 15 is 0 Å². The molecular weight excluding hydrogens is 381 g/mol. The van der Waals surface area contributed by atoms with Gasteiger partial charge in [0.2, 0.25) is 0 Å². The van der Waals surface area contributed by atoms with E-state index in [1.807, 2.05) is 24.1 Å². The number of hydrazine groups is 1. The Hall–Kier alpha value is -3.02. The van der Waals surface area contributed by atoms with E-state index in [0.717, 1.165) is 23.3 Å². The van der Waals surface area contributed by atoms with Gasteiger partial charge in [-0.3, -0.25) is 5.32 Å². The number of hydrogen-bond donors (Lipinski definition) is 3. The average Bonchev–Trinajstić information content (AvgIpc) is 3.10. The minimum absolute atomic E-state index is 0.0496. The SMILES string of the molecule is CC1C(c2ccc(C(F)(F)F)cc2)NC2C(C#N)=CNN2C1c1ccc(O)cc1. The molecule has 0 saturated carbocycles. The molecular formula is C21H19F3N4O. The predicted molar refractivity (Wildman–Crippen MR) is 99.8 cm³/mol. The van der Waals surface area contributed by atoms with E-state index in [1.54, 1.807) is 18.3 Å². The number of phenols is 1. The minimum Gasteiger partial charge on any atom is -0.508 e. The molecule has 0 radical (unpaired) electrons. The highest BCUT2D eigenvalue weighted by molar-refractivity contribution is 5.37. The molecule has 0 bridgehead atoms. The monoisotopic (exact) mass is 400 g/mol. The van der Waals surface area contributed by atoms with Crippen LogP contribution >= 0.6 is 0 Å². The molecule has 29 heavy (non-hydrogen) atoms. The second-order valence-electron chi connectivity index (χ2n) is 7.31. The Kier molecular flexibility index (Phi) is 4.73. The van der Waals surface area contributed by atoms with Crippen molar-refractivity contribution in [2.75, 3.05) is 0 Å². The van der Waals surface area contributed by atoms with Crippen molar-refractivity contribution in [2.24, 2.45) is 5.92 Å². The maximum atomic E-state index is 12.9. The molecule has 2 aromatic rings. The molecule has 3 N–H and O–H groups in total. The van der Waals surface area contributed by atoms with E-state index in [0.29, 0.717) is 5.57 Å². The van der Waals surface area contributed by atoms with Gasteiger partial charge in [-0.1, -0.05) is 31.2 Å². The van der Waals surface area contributed by atoms with Crippen LogP contribution in [0.5, 0.6) is 5.75 Å². The number of nitrogens with zero attached hydrogens (tertiary/aromatic N) is 2. The lowest BCUT2D eigenvalue weighted by atomic mass is 9.81. The Labute approximate surface area is 166 Å². The summed E-state index contributed by atoms with van der Waals surface area (Å²) < 4.78 is 38.8. The molecule has 2 heterocycles. The van der Waals surface area contributed by atoms with Crippen LogP contribution in [0.25, 0.3) is 0 Å². The van der Waals surface area contributed by atoms with Crippen LogP contribution in [0.1, 0.15) is 35.7 Å². The van der Waals surface area contributed by atoms with Gasteiger partial charge in [0.15, 0.2) is 0 Å². The first-order valence-corrected chi connectivity index (χ1v) is 9.16. The summed E-state index contributed by atoms with van der Waals surface area (Å²) in [4.78, 5) is 0. The zero-order chi connectivity index (χ0) is 20.8. The number of rotatable bonds is 2. The van der Waals surface area contributed by atoms with Gasteiger partial charge in [-0.05, 0) is 41.3 Å². The van der Waals surface area contributed by atoms with Gasteiger partial charge in [0.1, 0.15) is 11.9 Å². The highest BCUT2D eigenvalue weighted by Gasteiger charge is 2.45. The van der Waals surface area contributed by atoms with E-state index in [-0.39, 0.29) is 23.8 Å². The van der Waals surface area contributed by atoms with Crippen LogP contribution in [0.4, 0.5) is 13.2 Å². The molecule has 2 aliphatic rings. The Morgan fingerprint density at radius 3 is 2.24 bits per heavy atom. The van der Waals surface area contributed by atoms with Crippen LogP contribution in [0.15, 0.2) is 60.3 Å². The lowest BCUT2D eigenvalue weighted by Gasteiger charge is -2.47. The molecule has 0 aliphatic carbocycles. The topological polar surface area (TPSA) is 71.3 Å². The van der Waals surface area contributed by atoms with Crippen LogP contribution in [0.2, 0.25) is 0 Å². The van der Waals surface area contributed by atoms with Crippen molar-refractivity contribution < 1.29 is 18.3 Å². The van der Waals surface area contributed by atoms with Gasteiger partial charge < -0.3 is 10.5 Å². The lowest BCUT2D eigenvalue weighted by molar-refractivity contribution is -0.137. The van der Waals surface area contributed by atoms with Gasteiger partial charge in [-0.15, -0.1) is 0 Å². The zero-order valence-electron chi connectivity index (χ0n) is 15.5. The van der Waals surface area contributed by atoms with Crippen LogP contribution < -0.4 is 10.7 Å². The number of fused-ring (bicyclic) bond motifs is 1. The highest BCUT2D eigenvalue weighted by Crippen LogP contribution is 2.44. The molecule has 2 aromatic carbocycles. The molecule has 4 unspecified atom stereocenters. The van der Waals surface area contributed by atoms with Crippen molar-refractivity contribution in [2.45, 2.75) is 31.3 Å². The Morgan fingerprint density at radius 1 is 1.03 bits per heavy atom. The number of halogens is 3. The van der Waals surface area contributed by atoms with Crippen molar-refractivity contribution >= 4 is 0 Å².